The van der Waals surface area contributed by atoms with E-state index in [0.717, 1.165) is 0 Å². The predicted molar refractivity (Wildman–Crippen MR) is 47.6 cm³/mol. The SMILES string of the molecule is [13CH3][13C](=O)[15NH][13C@H]1[13CH](O)O[13C@H]([13CH2]O)[13C@@H](O)[13C@@H]1O. The fourth-order valence-corrected chi connectivity index (χ4v) is 1.49. The number of aliphatic hydroxyl groups excluding tert-OH is 4. The molecule has 5 N–H and O–H groups in total. The van der Waals surface area contributed by atoms with Crippen molar-refractivity contribution in [3.05, 3.63) is 0 Å². The molecule has 0 aromatic rings. The fourth-order valence-electron chi connectivity index (χ4n) is 1.49. The van der Waals surface area contributed by atoms with Gasteiger partial charge >= 0.3 is 0 Å². The monoisotopic (exact) mass is 230 g/mol. The van der Waals surface area contributed by atoms with Crippen LogP contribution in [0.15, 0.2) is 0 Å². The van der Waals surface area contributed by atoms with Crippen LogP contribution in [-0.2, 0) is 9.53 Å². The fraction of sp³-hybridized carbons (Fsp3) is 0.875. The van der Waals surface area contributed by atoms with E-state index < -0.39 is 43.2 Å². The number of carbonyl (C=O) groups excluding carboxylic acids is 1. The van der Waals surface area contributed by atoms with Crippen molar-refractivity contribution in [3.8, 4) is 0 Å². The van der Waals surface area contributed by atoms with Crippen LogP contribution in [-0.4, -0.2) is 63.6 Å². The van der Waals surface area contributed by atoms with Gasteiger partial charge in [-0.25, -0.2) is 0 Å². The number of carbonyl (C=O) groups is 1. The molecule has 1 fully saturated rings. The van der Waals surface area contributed by atoms with Crippen molar-refractivity contribution in [1.82, 2.24) is 5.32 Å². The normalized spacial score (nSPS) is 41.3. The van der Waals surface area contributed by atoms with E-state index in [4.69, 9.17) is 9.84 Å². The number of ether oxygens (including phenoxy) is 1. The first-order valence-electron chi connectivity index (χ1n) is 4.55. The van der Waals surface area contributed by atoms with E-state index in [2.05, 4.69) is 5.32 Å². The molecule has 88 valence electrons. The van der Waals surface area contributed by atoms with Crippen LogP contribution in [0.25, 0.3) is 0 Å². The second kappa shape index (κ2) is 4.86. The van der Waals surface area contributed by atoms with Crippen LogP contribution in [0, 0.1) is 0 Å². The molecule has 7 heteroatoms. The van der Waals surface area contributed by atoms with Crippen molar-refractivity contribution in [2.24, 2.45) is 0 Å². The van der Waals surface area contributed by atoms with Gasteiger partial charge in [-0.1, -0.05) is 0 Å². The highest BCUT2D eigenvalue weighted by molar-refractivity contribution is 5.73. The van der Waals surface area contributed by atoms with E-state index in [-0.39, 0.29) is 0 Å². The summed E-state index contributed by atoms with van der Waals surface area (Å²) >= 11 is 0. The van der Waals surface area contributed by atoms with Gasteiger partial charge in [-0.2, -0.15) is 0 Å². The van der Waals surface area contributed by atoms with Gasteiger partial charge in [0.25, 0.3) is 0 Å². The summed E-state index contributed by atoms with van der Waals surface area (Å²) < 4.78 is 4.81. The lowest BCUT2D eigenvalue weighted by Gasteiger charge is -2.40. The van der Waals surface area contributed by atoms with E-state index in [1.807, 2.05) is 0 Å². The number of nitrogens with one attached hydrogen (secondary N) is 1. The minimum absolute atomic E-state index is 0.462. The summed E-state index contributed by atoms with van der Waals surface area (Å²) in [6.45, 7) is 0.687. The van der Waals surface area contributed by atoms with E-state index in [1.165, 1.54) is 6.92 Å². The average molecular weight is 230 g/mol. The van der Waals surface area contributed by atoms with Crippen LogP contribution >= 0.6 is 0 Å². The molecule has 1 rings (SSSR count). The van der Waals surface area contributed by atoms with Gasteiger partial charge in [0.2, 0.25) is 5.91 Å². The van der Waals surface area contributed by atoms with E-state index >= 15 is 0 Å². The highest BCUT2D eigenvalue weighted by Crippen LogP contribution is 2.19. The van der Waals surface area contributed by atoms with E-state index in [9.17, 15) is 20.1 Å². The second-order valence-electron chi connectivity index (χ2n) is 3.46. The van der Waals surface area contributed by atoms with Gasteiger partial charge in [-0.3, -0.25) is 4.79 Å². The quantitative estimate of drug-likeness (QED) is 0.253. The van der Waals surface area contributed by atoms with Gasteiger partial charge in [-0.05, 0) is 0 Å². The van der Waals surface area contributed by atoms with Gasteiger partial charge in [0.15, 0.2) is 6.29 Å². The molecule has 0 aliphatic carbocycles. The Hall–Kier alpha value is -0.730. The van der Waals surface area contributed by atoms with E-state index in [0.29, 0.717) is 0 Å². The third kappa shape index (κ3) is 2.64. The Morgan fingerprint density at radius 2 is 1.93 bits per heavy atom. The largest absolute Gasteiger partial charge is 0.394 e. The molecule has 1 heterocycles. The number of hydrogen-bond acceptors (Lipinski definition) is 6. The average Bonchev–Trinajstić information content (AvgIpc) is 2.18. The number of hydrogen-bond donors (Lipinski definition) is 5. The Morgan fingerprint density at radius 1 is 1.33 bits per heavy atom. The smallest absolute Gasteiger partial charge is 0.217 e. The van der Waals surface area contributed by atoms with E-state index in [1.54, 1.807) is 0 Å². The van der Waals surface area contributed by atoms with Gasteiger partial charge in [0.05, 0.1) is 6.61 Å². The summed E-state index contributed by atoms with van der Waals surface area (Å²) in [6, 6.07) is -1.10. The minimum atomic E-state index is -1.45. The Morgan fingerprint density at radius 3 is 2.40 bits per heavy atom. The molecular formula is C8H15NO6. The first-order valence-corrected chi connectivity index (χ1v) is 4.55. The molecule has 1 aliphatic rings. The molecule has 1 amide bonds. The summed E-state index contributed by atoms with van der Waals surface area (Å²) in [5, 5.41) is 39.4. The summed E-state index contributed by atoms with van der Waals surface area (Å²) in [4.78, 5) is 10.7. The van der Waals surface area contributed by atoms with Crippen LogP contribution in [0.5, 0.6) is 0 Å². The van der Waals surface area contributed by atoms with Crippen molar-refractivity contribution in [3.63, 3.8) is 0 Å². The number of amides is 1. The van der Waals surface area contributed by atoms with Crippen molar-refractivity contribution in [1.29, 1.82) is 0 Å². The number of aliphatic hydroxyl groups is 4. The highest BCUT2D eigenvalue weighted by atomic mass is 16.8. The van der Waals surface area contributed by atoms with Crippen LogP contribution in [0.3, 0.4) is 0 Å². The molecule has 1 aliphatic heterocycles. The standard InChI is InChI=1S/C8H15NO6/c1-3(11)9-5-7(13)6(12)4(2-10)15-8(5)14/h4-8,10,12-14H,2H2,1H3,(H,9,11)/t4-,5-,6-,7-,8?/m1/s1/i1+1,2+1,3+1,4+1,5+1,6+1,7+1,8+1,9+1. The molecule has 0 spiro atoms. The molecule has 0 saturated carbocycles. The molecule has 0 aromatic carbocycles. The second-order valence-corrected chi connectivity index (χ2v) is 3.46. The topological polar surface area (TPSA) is 119 Å². The zero-order chi connectivity index (χ0) is 11.6. The lowest BCUT2D eigenvalue weighted by molar-refractivity contribution is -0.253. The maximum Gasteiger partial charge on any atom is 0.217 e. The summed E-state index contributed by atoms with van der Waals surface area (Å²) in [6.07, 6.45) is -5.24. The van der Waals surface area contributed by atoms with Gasteiger partial charge < -0.3 is 30.5 Å². The first kappa shape index (κ1) is 12.3. The third-order valence-electron chi connectivity index (χ3n) is 2.27. The molecule has 15 heavy (non-hydrogen) atoms. The van der Waals surface area contributed by atoms with Gasteiger partial charge in [0, 0.05) is 6.92 Å². The zero-order valence-corrected chi connectivity index (χ0v) is 8.20. The van der Waals surface area contributed by atoms with Crippen molar-refractivity contribution in [2.75, 3.05) is 6.61 Å². The Bertz CT molecular complexity index is 235. The molecule has 0 radical (unpaired) electrons. The first-order chi connectivity index (χ1) is 6.97. The van der Waals surface area contributed by atoms with Crippen molar-refractivity contribution < 1.29 is 30.0 Å². The summed E-state index contributed by atoms with van der Waals surface area (Å²) in [5.74, 6) is -0.462. The zero-order valence-electron chi connectivity index (χ0n) is 8.20. The number of rotatable bonds is 2. The Balaban J connectivity index is 2.70. The molecule has 7 nitrogen and oxygen atoms in total. The minimum Gasteiger partial charge on any atom is -0.394 e. The molecule has 1 saturated heterocycles. The molecule has 0 bridgehead atoms. The lowest BCUT2D eigenvalue weighted by Crippen LogP contribution is -2.63. The van der Waals surface area contributed by atoms with Gasteiger partial charge in [-0.15, -0.1) is 0 Å². The van der Waals surface area contributed by atoms with Crippen LogP contribution in [0.1, 0.15) is 6.92 Å². The third-order valence-corrected chi connectivity index (χ3v) is 2.27. The maximum atomic E-state index is 10.7. The van der Waals surface area contributed by atoms with Crippen LogP contribution < -0.4 is 5.32 Å². The van der Waals surface area contributed by atoms with Crippen molar-refractivity contribution in [2.45, 2.75) is 37.6 Å². The summed E-state index contributed by atoms with van der Waals surface area (Å²) in [7, 11) is 0. The molecular weight excluding hydrogens is 215 g/mol. The maximum absolute atomic E-state index is 10.7. The van der Waals surface area contributed by atoms with Gasteiger partial charge in [0.1, 0.15) is 24.4 Å². The Kier molecular flexibility index (Phi) is 4.00. The molecule has 5 atom stereocenters. The predicted octanol–water partition coefficient (Wildman–Crippen LogP) is -3.08. The Labute approximate surface area is 86.3 Å². The molecule has 0 aromatic heterocycles. The summed E-state index contributed by atoms with van der Waals surface area (Å²) in [5.41, 5.74) is 0. The van der Waals surface area contributed by atoms with Crippen LogP contribution in [0.4, 0.5) is 0 Å². The highest BCUT2D eigenvalue weighted by Gasteiger charge is 2.43. The van der Waals surface area contributed by atoms with Crippen LogP contribution in [0.2, 0.25) is 0 Å². The lowest BCUT2D eigenvalue weighted by atomic mass is 10.9. The van der Waals surface area contributed by atoms with Crippen molar-refractivity contribution >= 4 is 5.91 Å². The molecule has 1 unspecified atom stereocenters.